The summed E-state index contributed by atoms with van der Waals surface area (Å²) in [5.41, 5.74) is -0.301. The zero-order chi connectivity index (χ0) is 19.5. The van der Waals surface area contributed by atoms with Crippen molar-refractivity contribution in [1.82, 2.24) is 9.80 Å². The smallest absolute Gasteiger partial charge is 0.413 e. The van der Waals surface area contributed by atoms with Crippen molar-refractivity contribution in [1.29, 1.82) is 0 Å². The highest BCUT2D eigenvalue weighted by molar-refractivity contribution is 5.71. The summed E-state index contributed by atoms with van der Waals surface area (Å²) in [5, 5.41) is 0. The Morgan fingerprint density at radius 2 is 1.62 bits per heavy atom. The van der Waals surface area contributed by atoms with Crippen LogP contribution in [0.4, 0.5) is 14.0 Å². The first-order valence-corrected chi connectivity index (χ1v) is 8.74. The first-order valence-electron chi connectivity index (χ1n) is 8.74. The number of nitrogens with zero attached hydrogens (tertiary/aromatic N) is 2. The van der Waals surface area contributed by atoms with E-state index in [1.165, 1.54) is 4.90 Å². The summed E-state index contributed by atoms with van der Waals surface area (Å²) in [6, 6.07) is 7.61. The van der Waals surface area contributed by atoms with E-state index in [1.54, 1.807) is 69.9 Å². The van der Waals surface area contributed by atoms with Crippen LogP contribution in [-0.2, 0) is 9.47 Å². The number of amides is 2. The fourth-order valence-corrected chi connectivity index (χ4v) is 2.98. The van der Waals surface area contributed by atoms with E-state index in [2.05, 4.69) is 0 Å². The zero-order valence-electron chi connectivity index (χ0n) is 15.9. The predicted molar refractivity (Wildman–Crippen MR) is 95.3 cm³/mol. The Bertz CT molecular complexity index is 620. The van der Waals surface area contributed by atoms with Crippen LogP contribution in [0.1, 0.15) is 46.5 Å². The first kappa shape index (κ1) is 20.0. The highest BCUT2D eigenvalue weighted by Crippen LogP contribution is 2.24. The van der Waals surface area contributed by atoms with Crippen molar-refractivity contribution in [3.63, 3.8) is 0 Å². The zero-order valence-corrected chi connectivity index (χ0v) is 15.9. The molecule has 1 fully saturated rings. The monoisotopic (exact) mass is 366 g/mol. The molecule has 1 heterocycles. The van der Waals surface area contributed by atoms with Gasteiger partial charge in [-0.1, -0.05) is 30.3 Å². The van der Waals surface area contributed by atoms with Crippen LogP contribution in [0.3, 0.4) is 0 Å². The largest absolute Gasteiger partial charge is 0.444 e. The predicted octanol–water partition coefficient (Wildman–Crippen LogP) is 4.12. The molecule has 2 rings (SSSR count). The van der Waals surface area contributed by atoms with Crippen LogP contribution in [-0.4, -0.2) is 52.8 Å². The maximum Gasteiger partial charge on any atom is 0.413 e. The van der Waals surface area contributed by atoms with Gasteiger partial charge in [-0.25, -0.2) is 9.59 Å². The third-order valence-electron chi connectivity index (χ3n) is 4.05. The van der Waals surface area contributed by atoms with E-state index in [9.17, 15) is 14.0 Å². The Hall–Kier alpha value is -2.31. The molecule has 2 amide bonds. The number of ether oxygens (including phenoxy) is 2. The molecule has 0 spiro atoms. The lowest BCUT2D eigenvalue weighted by atomic mass is 10.1. The number of carbonyl (C=O) groups is 2. The Kier molecular flexibility index (Phi) is 6.10. The number of rotatable bonds is 2. The number of alkyl halides is 1. The van der Waals surface area contributed by atoms with Gasteiger partial charge in [-0.15, -0.1) is 0 Å². The fourth-order valence-electron chi connectivity index (χ4n) is 2.98. The maximum absolute atomic E-state index is 14.2. The summed E-state index contributed by atoms with van der Waals surface area (Å²) in [4.78, 5) is 27.7. The molecule has 144 valence electrons. The lowest BCUT2D eigenvalue weighted by Gasteiger charge is -2.43. The van der Waals surface area contributed by atoms with E-state index in [0.29, 0.717) is 13.1 Å². The van der Waals surface area contributed by atoms with Crippen molar-refractivity contribution in [2.24, 2.45) is 0 Å². The Morgan fingerprint density at radius 3 is 2.12 bits per heavy atom. The molecular weight excluding hydrogens is 339 g/mol. The minimum Gasteiger partial charge on any atom is -0.444 e. The standard InChI is InChI=1S/C19H27FN2O4/c1-13-11-21(17(23)26-19(3,4)5)12-14(2)22(13)18(24)25-16(20)15-9-7-6-8-10-15/h6-10,13-14,16H,11-12H2,1-5H3. The summed E-state index contributed by atoms with van der Waals surface area (Å²) in [5.74, 6) is 0. The topological polar surface area (TPSA) is 59.1 Å². The van der Waals surface area contributed by atoms with E-state index >= 15 is 0 Å². The van der Waals surface area contributed by atoms with Gasteiger partial charge in [-0.2, -0.15) is 4.39 Å². The van der Waals surface area contributed by atoms with Gasteiger partial charge in [-0.05, 0) is 34.6 Å². The summed E-state index contributed by atoms with van der Waals surface area (Å²) in [6.07, 6.45) is -2.98. The van der Waals surface area contributed by atoms with Crippen LogP contribution >= 0.6 is 0 Å². The highest BCUT2D eigenvalue weighted by Gasteiger charge is 2.38. The minimum atomic E-state index is -1.83. The molecule has 1 aromatic carbocycles. The molecule has 1 saturated heterocycles. The van der Waals surface area contributed by atoms with Gasteiger partial charge in [0.05, 0.1) is 12.1 Å². The van der Waals surface area contributed by atoms with Gasteiger partial charge < -0.3 is 14.4 Å². The average molecular weight is 366 g/mol. The summed E-state index contributed by atoms with van der Waals surface area (Å²) >= 11 is 0. The molecule has 0 saturated carbocycles. The van der Waals surface area contributed by atoms with Crippen molar-refractivity contribution in [2.75, 3.05) is 13.1 Å². The van der Waals surface area contributed by atoms with Gasteiger partial charge in [0.25, 0.3) is 6.36 Å². The number of piperazine rings is 1. The van der Waals surface area contributed by atoms with Gasteiger partial charge in [0, 0.05) is 18.7 Å². The number of halogens is 1. The van der Waals surface area contributed by atoms with E-state index < -0.39 is 24.1 Å². The van der Waals surface area contributed by atoms with E-state index in [1.807, 2.05) is 0 Å². The van der Waals surface area contributed by atoms with E-state index in [-0.39, 0.29) is 17.6 Å². The lowest BCUT2D eigenvalue weighted by molar-refractivity contribution is -0.0403. The molecule has 0 N–H and O–H groups in total. The van der Waals surface area contributed by atoms with Crippen LogP contribution in [0, 0.1) is 0 Å². The second kappa shape index (κ2) is 7.93. The Labute approximate surface area is 153 Å². The third-order valence-corrected chi connectivity index (χ3v) is 4.05. The van der Waals surface area contributed by atoms with Crippen molar-refractivity contribution < 1.29 is 23.5 Å². The number of benzene rings is 1. The van der Waals surface area contributed by atoms with E-state index in [0.717, 1.165) is 0 Å². The van der Waals surface area contributed by atoms with Crippen molar-refractivity contribution in [2.45, 2.75) is 58.7 Å². The number of carbonyl (C=O) groups excluding carboxylic acids is 2. The quantitative estimate of drug-likeness (QED) is 0.790. The van der Waals surface area contributed by atoms with E-state index in [4.69, 9.17) is 9.47 Å². The molecule has 7 heteroatoms. The van der Waals surface area contributed by atoms with Gasteiger partial charge >= 0.3 is 12.2 Å². The van der Waals surface area contributed by atoms with Crippen molar-refractivity contribution >= 4 is 12.2 Å². The summed E-state index contributed by atoms with van der Waals surface area (Å²) in [6.45, 7) is 9.60. The molecule has 0 radical (unpaired) electrons. The molecule has 0 bridgehead atoms. The van der Waals surface area contributed by atoms with Crippen LogP contribution in [0.5, 0.6) is 0 Å². The fraction of sp³-hybridized carbons (Fsp3) is 0.579. The third kappa shape index (κ3) is 5.09. The molecule has 26 heavy (non-hydrogen) atoms. The average Bonchev–Trinajstić information content (AvgIpc) is 2.53. The maximum atomic E-state index is 14.2. The normalized spacial score (nSPS) is 21.9. The van der Waals surface area contributed by atoms with Gasteiger partial charge in [0.1, 0.15) is 5.60 Å². The second-order valence-electron chi connectivity index (χ2n) is 7.60. The molecular formula is C19H27FN2O4. The van der Waals surface area contributed by atoms with Crippen LogP contribution in [0.15, 0.2) is 30.3 Å². The van der Waals surface area contributed by atoms with Crippen LogP contribution < -0.4 is 0 Å². The van der Waals surface area contributed by atoms with Gasteiger partial charge in [-0.3, -0.25) is 4.90 Å². The lowest BCUT2D eigenvalue weighted by Crippen LogP contribution is -2.60. The molecule has 0 aliphatic carbocycles. The van der Waals surface area contributed by atoms with Gasteiger partial charge in [0.2, 0.25) is 0 Å². The Morgan fingerprint density at radius 1 is 1.08 bits per heavy atom. The number of hydrogen-bond acceptors (Lipinski definition) is 4. The van der Waals surface area contributed by atoms with Crippen molar-refractivity contribution in [3.05, 3.63) is 35.9 Å². The van der Waals surface area contributed by atoms with Crippen molar-refractivity contribution in [3.8, 4) is 0 Å². The second-order valence-corrected chi connectivity index (χ2v) is 7.60. The molecule has 6 nitrogen and oxygen atoms in total. The number of hydrogen-bond donors (Lipinski definition) is 0. The molecule has 1 aliphatic heterocycles. The highest BCUT2D eigenvalue weighted by atomic mass is 19.1. The SMILES string of the molecule is CC1CN(C(=O)OC(C)(C)C)CC(C)N1C(=O)OC(F)c1ccccc1. The van der Waals surface area contributed by atoms with Crippen LogP contribution in [0.2, 0.25) is 0 Å². The molecule has 0 aromatic heterocycles. The molecule has 3 atom stereocenters. The van der Waals surface area contributed by atoms with Crippen LogP contribution in [0.25, 0.3) is 0 Å². The first-order chi connectivity index (χ1) is 12.1. The van der Waals surface area contributed by atoms with Gasteiger partial charge in [0.15, 0.2) is 0 Å². The summed E-state index contributed by atoms with van der Waals surface area (Å²) < 4.78 is 24.6. The Balaban J connectivity index is 1.99. The molecule has 3 unspecified atom stereocenters. The molecule has 1 aromatic rings. The minimum absolute atomic E-state index is 0.286. The molecule has 1 aliphatic rings. The summed E-state index contributed by atoms with van der Waals surface area (Å²) in [7, 11) is 0.